The van der Waals surface area contributed by atoms with E-state index in [1.165, 1.54) is 29.3 Å². The number of nitrogens with one attached hydrogen (secondary N) is 1. The van der Waals surface area contributed by atoms with Crippen molar-refractivity contribution >= 4 is 10.9 Å². The molecule has 0 amide bonds. The Balaban J connectivity index is 1.45. The standard InChI is InChI=1S/C23H24N2/c1-2-8-19-17(7-1)12-13-18(19)16-25-14-6-5-11-23(25)21-15-24-22-10-4-3-9-20(21)22/h1-10,15,18,23-24H,11-14,16H2. The molecular formula is C23H24N2. The van der Waals surface area contributed by atoms with Gasteiger partial charge in [-0.05, 0) is 47.9 Å². The van der Waals surface area contributed by atoms with Crippen LogP contribution in [0.4, 0.5) is 0 Å². The van der Waals surface area contributed by atoms with Crippen LogP contribution in [0.3, 0.4) is 0 Å². The molecule has 2 aliphatic rings. The number of aromatic nitrogens is 1. The summed E-state index contributed by atoms with van der Waals surface area (Å²) in [5.74, 6) is 0.676. The summed E-state index contributed by atoms with van der Waals surface area (Å²) in [6.45, 7) is 2.22. The van der Waals surface area contributed by atoms with Crippen LogP contribution in [0.25, 0.3) is 10.9 Å². The smallest absolute Gasteiger partial charge is 0.0457 e. The fourth-order valence-corrected chi connectivity index (χ4v) is 4.72. The summed E-state index contributed by atoms with van der Waals surface area (Å²) >= 11 is 0. The van der Waals surface area contributed by atoms with Crippen LogP contribution >= 0.6 is 0 Å². The summed E-state index contributed by atoms with van der Waals surface area (Å²) < 4.78 is 0. The van der Waals surface area contributed by atoms with Crippen LogP contribution in [0.15, 0.2) is 66.9 Å². The minimum atomic E-state index is 0.480. The van der Waals surface area contributed by atoms with Gasteiger partial charge in [-0.15, -0.1) is 0 Å². The lowest BCUT2D eigenvalue weighted by molar-refractivity contribution is 0.198. The molecule has 3 aromatic rings. The van der Waals surface area contributed by atoms with Gasteiger partial charge in [-0.3, -0.25) is 4.90 Å². The maximum atomic E-state index is 3.46. The first-order valence-electron chi connectivity index (χ1n) is 9.43. The Hall–Kier alpha value is -2.32. The SMILES string of the molecule is C1=CCN(CC2CCc3ccccc32)C(c2c[nH]c3ccccc23)C1. The highest BCUT2D eigenvalue weighted by atomic mass is 15.2. The van der Waals surface area contributed by atoms with Crippen molar-refractivity contribution in [3.8, 4) is 0 Å². The number of aromatic amines is 1. The van der Waals surface area contributed by atoms with Gasteiger partial charge < -0.3 is 4.98 Å². The molecule has 2 heterocycles. The lowest BCUT2D eigenvalue weighted by Gasteiger charge is -2.35. The third-order valence-corrected chi connectivity index (χ3v) is 6.00. The summed E-state index contributed by atoms with van der Waals surface area (Å²) in [4.78, 5) is 6.15. The Kier molecular flexibility index (Phi) is 3.71. The van der Waals surface area contributed by atoms with Gasteiger partial charge in [-0.25, -0.2) is 0 Å². The summed E-state index contributed by atoms with van der Waals surface area (Å²) in [6.07, 6.45) is 10.6. The van der Waals surface area contributed by atoms with Crippen molar-refractivity contribution in [1.82, 2.24) is 9.88 Å². The first kappa shape index (κ1) is 15.0. The van der Waals surface area contributed by atoms with Crippen molar-refractivity contribution < 1.29 is 0 Å². The number of H-pyrrole nitrogens is 1. The molecule has 2 aromatic carbocycles. The molecule has 2 atom stereocenters. The van der Waals surface area contributed by atoms with E-state index in [0.717, 1.165) is 19.5 Å². The lowest BCUT2D eigenvalue weighted by Crippen LogP contribution is -2.34. The summed E-state index contributed by atoms with van der Waals surface area (Å²) in [6, 6.07) is 18.2. The summed E-state index contributed by atoms with van der Waals surface area (Å²) in [5, 5.41) is 1.37. The molecule has 2 nitrogen and oxygen atoms in total. The molecule has 1 aromatic heterocycles. The van der Waals surface area contributed by atoms with E-state index in [4.69, 9.17) is 0 Å². The molecule has 2 unspecified atom stereocenters. The van der Waals surface area contributed by atoms with E-state index < -0.39 is 0 Å². The molecule has 2 heteroatoms. The Morgan fingerprint density at radius 3 is 2.84 bits per heavy atom. The second-order valence-electron chi connectivity index (χ2n) is 7.40. The second kappa shape index (κ2) is 6.20. The number of nitrogens with zero attached hydrogens (tertiary/aromatic N) is 1. The summed E-state index contributed by atoms with van der Waals surface area (Å²) in [5.41, 5.74) is 5.84. The van der Waals surface area contributed by atoms with Crippen molar-refractivity contribution in [2.45, 2.75) is 31.2 Å². The van der Waals surface area contributed by atoms with Crippen LogP contribution in [-0.4, -0.2) is 23.0 Å². The molecule has 126 valence electrons. The number of fused-ring (bicyclic) bond motifs is 2. The maximum Gasteiger partial charge on any atom is 0.0457 e. The van der Waals surface area contributed by atoms with E-state index in [1.807, 2.05) is 0 Å². The highest BCUT2D eigenvalue weighted by Gasteiger charge is 2.29. The molecular weight excluding hydrogens is 304 g/mol. The molecule has 5 rings (SSSR count). The Labute approximate surface area is 149 Å². The Morgan fingerprint density at radius 2 is 1.84 bits per heavy atom. The van der Waals surface area contributed by atoms with Gasteiger partial charge in [-0.1, -0.05) is 54.6 Å². The predicted molar refractivity (Wildman–Crippen MR) is 104 cm³/mol. The quantitative estimate of drug-likeness (QED) is 0.655. The van der Waals surface area contributed by atoms with Crippen LogP contribution in [0.5, 0.6) is 0 Å². The maximum absolute atomic E-state index is 3.46. The number of aryl methyl sites for hydroxylation is 1. The number of benzene rings is 2. The van der Waals surface area contributed by atoms with E-state index in [9.17, 15) is 0 Å². The molecule has 1 aliphatic heterocycles. The zero-order valence-electron chi connectivity index (χ0n) is 14.5. The van der Waals surface area contributed by atoms with Gasteiger partial charge in [0.15, 0.2) is 0 Å². The van der Waals surface area contributed by atoms with Gasteiger partial charge in [0.25, 0.3) is 0 Å². The van der Waals surface area contributed by atoms with Gasteiger partial charge in [0.1, 0.15) is 0 Å². The Bertz CT molecular complexity index is 920. The highest BCUT2D eigenvalue weighted by molar-refractivity contribution is 5.83. The normalized spacial score (nSPS) is 23.2. The van der Waals surface area contributed by atoms with Crippen LogP contribution in [0, 0.1) is 0 Å². The topological polar surface area (TPSA) is 19.0 Å². The van der Waals surface area contributed by atoms with E-state index in [2.05, 4.69) is 76.8 Å². The third-order valence-electron chi connectivity index (χ3n) is 6.00. The average Bonchev–Trinajstić information content (AvgIpc) is 3.27. The second-order valence-corrected chi connectivity index (χ2v) is 7.40. The number of para-hydroxylation sites is 1. The van der Waals surface area contributed by atoms with Crippen molar-refractivity contribution in [2.24, 2.45) is 0 Å². The first-order valence-corrected chi connectivity index (χ1v) is 9.43. The molecule has 0 bridgehead atoms. The zero-order valence-corrected chi connectivity index (χ0v) is 14.5. The van der Waals surface area contributed by atoms with E-state index >= 15 is 0 Å². The third kappa shape index (κ3) is 2.61. The number of hydrogen-bond donors (Lipinski definition) is 1. The predicted octanol–water partition coefficient (Wildman–Crippen LogP) is 5.20. The first-order chi connectivity index (χ1) is 12.4. The van der Waals surface area contributed by atoms with Crippen molar-refractivity contribution in [2.75, 3.05) is 13.1 Å². The van der Waals surface area contributed by atoms with Crippen LogP contribution < -0.4 is 0 Å². The van der Waals surface area contributed by atoms with Gasteiger partial charge in [0, 0.05) is 36.2 Å². The lowest BCUT2D eigenvalue weighted by atomic mass is 9.95. The van der Waals surface area contributed by atoms with Crippen molar-refractivity contribution in [3.63, 3.8) is 0 Å². The van der Waals surface area contributed by atoms with Crippen molar-refractivity contribution in [1.29, 1.82) is 0 Å². The molecule has 0 spiro atoms. The molecule has 0 saturated heterocycles. The molecule has 1 aliphatic carbocycles. The minimum absolute atomic E-state index is 0.480. The molecule has 0 saturated carbocycles. The van der Waals surface area contributed by atoms with Crippen LogP contribution in [-0.2, 0) is 6.42 Å². The fraction of sp³-hybridized carbons (Fsp3) is 0.304. The molecule has 1 N–H and O–H groups in total. The zero-order chi connectivity index (χ0) is 16.6. The van der Waals surface area contributed by atoms with E-state index in [1.54, 1.807) is 11.1 Å². The van der Waals surface area contributed by atoms with Gasteiger partial charge in [-0.2, -0.15) is 0 Å². The monoisotopic (exact) mass is 328 g/mol. The average molecular weight is 328 g/mol. The van der Waals surface area contributed by atoms with Gasteiger partial charge in [0.2, 0.25) is 0 Å². The van der Waals surface area contributed by atoms with Crippen LogP contribution in [0.1, 0.15) is 41.5 Å². The molecule has 25 heavy (non-hydrogen) atoms. The van der Waals surface area contributed by atoms with Crippen molar-refractivity contribution in [3.05, 3.63) is 83.6 Å². The largest absolute Gasteiger partial charge is 0.361 e. The van der Waals surface area contributed by atoms with Gasteiger partial charge >= 0.3 is 0 Å². The molecule has 0 fully saturated rings. The summed E-state index contributed by atoms with van der Waals surface area (Å²) in [7, 11) is 0. The highest BCUT2D eigenvalue weighted by Crippen LogP contribution is 2.38. The van der Waals surface area contributed by atoms with E-state index in [0.29, 0.717) is 12.0 Å². The fourth-order valence-electron chi connectivity index (χ4n) is 4.72. The minimum Gasteiger partial charge on any atom is -0.361 e. The number of hydrogen-bond acceptors (Lipinski definition) is 1. The van der Waals surface area contributed by atoms with Crippen LogP contribution in [0.2, 0.25) is 0 Å². The van der Waals surface area contributed by atoms with Gasteiger partial charge in [0.05, 0.1) is 0 Å². The number of rotatable bonds is 3. The Morgan fingerprint density at radius 1 is 0.960 bits per heavy atom. The molecule has 0 radical (unpaired) electrons. The van der Waals surface area contributed by atoms with E-state index in [-0.39, 0.29) is 0 Å².